The molecular formula is C39H52BrN11O2. The van der Waals surface area contributed by atoms with Crippen LogP contribution in [0.5, 0.6) is 0 Å². The van der Waals surface area contributed by atoms with Crippen molar-refractivity contribution >= 4 is 56.1 Å². The van der Waals surface area contributed by atoms with E-state index in [1.165, 1.54) is 5.56 Å². The molecule has 8 rings (SSSR count). The van der Waals surface area contributed by atoms with Crippen LogP contribution >= 0.6 is 15.9 Å². The Balaban J connectivity index is 0.917. The van der Waals surface area contributed by atoms with Crippen LogP contribution in [0.4, 0.5) is 23.4 Å². The highest BCUT2D eigenvalue weighted by atomic mass is 79.9. The zero-order chi connectivity index (χ0) is 36.6. The molecule has 1 amide bonds. The molecule has 4 aromatic rings. The van der Waals surface area contributed by atoms with Crippen LogP contribution < -0.4 is 20.4 Å². The van der Waals surface area contributed by atoms with Gasteiger partial charge in [-0.1, -0.05) is 22.0 Å². The lowest BCUT2D eigenvalue weighted by molar-refractivity contribution is 0.0674. The fourth-order valence-electron chi connectivity index (χ4n) is 8.55. The summed E-state index contributed by atoms with van der Waals surface area (Å²) in [5.41, 5.74) is 4.31. The third kappa shape index (κ3) is 7.47. The first-order valence-corrected chi connectivity index (χ1v) is 20.1. The smallest absolute Gasteiger partial charge is 0.254 e. The van der Waals surface area contributed by atoms with Gasteiger partial charge in [-0.15, -0.1) is 0 Å². The van der Waals surface area contributed by atoms with Crippen LogP contribution in [-0.2, 0) is 17.8 Å². The number of anilines is 4. The van der Waals surface area contributed by atoms with Gasteiger partial charge in [0.05, 0.1) is 17.0 Å². The molecule has 0 spiro atoms. The second-order valence-corrected chi connectivity index (χ2v) is 16.3. The fraction of sp³-hybridized carbons (Fsp3) is 0.564. The molecule has 1 aromatic carbocycles. The van der Waals surface area contributed by atoms with Gasteiger partial charge >= 0.3 is 0 Å². The Bertz CT molecular complexity index is 1930. The minimum Gasteiger partial charge on any atom is -0.381 e. The monoisotopic (exact) mass is 785 g/mol. The van der Waals surface area contributed by atoms with Crippen molar-refractivity contribution in [2.24, 2.45) is 0 Å². The third-order valence-corrected chi connectivity index (χ3v) is 12.4. The number of nitrogens with one attached hydrogen (secondary N) is 2. The number of halogens is 1. The molecule has 3 fully saturated rings. The second-order valence-electron chi connectivity index (χ2n) is 15.4. The van der Waals surface area contributed by atoms with Crippen molar-refractivity contribution in [3.05, 3.63) is 57.8 Å². The zero-order valence-electron chi connectivity index (χ0n) is 31.4. The number of carbonyl (C=O) groups excluding carboxylic acids is 1. The first-order chi connectivity index (χ1) is 25.7. The molecule has 53 heavy (non-hydrogen) atoms. The normalized spacial score (nSPS) is 20.3. The van der Waals surface area contributed by atoms with Gasteiger partial charge in [0.2, 0.25) is 5.95 Å². The number of carbonyl (C=O) groups is 1. The standard InChI is InChI=1S/C39H52BrN11O2/c1-25(2)51-34-20-36(44-35-7-13-42-39(45-35)49-16-10-30(53-4)11-17-49)43-22-32(34)37(46-51)48-14-8-28(9-15-48)47(3)23-27-18-26-24-50(29-6-5-12-41-21-29)38(52)31(26)19-33(27)40/h7,13,18-20,22,25,28-30,41H,5-6,8-12,14-17,21,23-24H2,1-4H3,(H,42,43,44,45). The van der Waals surface area contributed by atoms with E-state index in [0.717, 1.165) is 134 Å². The van der Waals surface area contributed by atoms with Gasteiger partial charge in [0, 0.05) is 99.5 Å². The number of pyridine rings is 1. The van der Waals surface area contributed by atoms with Crippen molar-refractivity contribution < 1.29 is 9.53 Å². The molecule has 13 nitrogen and oxygen atoms in total. The Kier molecular flexibility index (Phi) is 10.6. The first kappa shape index (κ1) is 36.1. The number of benzene rings is 1. The van der Waals surface area contributed by atoms with Crippen molar-refractivity contribution in [3.63, 3.8) is 0 Å². The van der Waals surface area contributed by atoms with E-state index in [0.29, 0.717) is 18.7 Å². The average Bonchev–Trinajstić information content (AvgIpc) is 3.72. The Morgan fingerprint density at radius 3 is 2.57 bits per heavy atom. The summed E-state index contributed by atoms with van der Waals surface area (Å²) < 4.78 is 8.67. The lowest BCUT2D eigenvalue weighted by atomic mass is 10.0. The summed E-state index contributed by atoms with van der Waals surface area (Å²) in [5.74, 6) is 3.35. The number of aromatic nitrogens is 5. The molecule has 0 radical (unpaired) electrons. The number of rotatable bonds is 10. The molecule has 4 aliphatic heterocycles. The summed E-state index contributed by atoms with van der Waals surface area (Å²) in [6, 6.07) is 9.22. The Labute approximate surface area is 320 Å². The number of hydrogen-bond donors (Lipinski definition) is 2. The number of amides is 1. The molecule has 14 heteroatoms. The molecule has 7 heterocycles. The van der Waals surface area contributed by atoms with Crippen LogP contribution in [0, 0.1) is 0 Å². The predicted molar refractivity (Wildman–Crippen MR) is 212 cm³/mol. The van der Waals surface area contributed by atoms with Crippen molar-refractivity contribution in [3.8, 4) is 0 Å². The van der Waals surface area contributed by atoms with Gasteiger partial charge < -0.3 is 30.1 Å². The maximum Gasteiger partial charge on any atom is 0.254 e. The predicted octanol–water partition coefficient (Wildman–Crippen LogP) is 5.73. The van der Waals surface area contributed by atoms with Gasteiger partial charge in [-0.3, -0.25) is 14.4 Å². The quantitative estimate of drug-likeness (QED) is 0.205. The van der Waals surface area contributed by atoms with Crippen molar-refractivity contribution in [1.82, 2.24) is 39.8 Å². The minimum atomic E-state index is 0.172. The molecule has 0 bridgehead atoms. The highest BCUT2D eigenvalue weighted by Gasteiger charge is 2.34. The van der Waals surface area contributed by atoms with E-state index in [9.17, 15) is 4.79 Å². The van der Waals surface area contributed by atoms with E-state index in [1.54, 1.807) is 13.3 Å². The fourth-order valence-corrected chi connectivity index (χ4v) is 9.01. The number of methoxy groups -OCH3 is 1. The summed E-state index contributed by atoms with van der Waals surface area (Å²) in [7, 11) is 4.02. The summed E-state index contributed by atoms with van der Waals surface area (Å²) in [6.07, 6.45) is 10.3. The van der Waals surface area contributed by atoms with E-state index in [-0.39, 0.29) is 18.0 Å². The van der Waals surface area contributed by atoms with Gasteiger partial charge in [0.15, 0.2) is 5.82 Å². The number of hydrogen-bond acceptors (Lipinski definition) is 11. The van der Waals surface area contributed by atoms with Gasteiger partial charge in [-0.25, -0.2) is 9.97 Å². The number of nitrogens with zero attached hydrogens (tertiary/aromatic N) is 9. The van der Waals surface area contributed by atoms with Crippen LogP contribution in [0.1, 0.15) is 79.9 Å². The Morgan fingerprint density at radius 2 is 1.83 bits per heavy atom. The summed E-state index contributed by atoms with van der Waals surface area (Å²) >= 11 is 3.82. The lowest BCUT2D eigenvalue weighted by Gasteiger charge is -2.37. The molecule has 0 aliphatic carbocycles. The highest BCUT2D eigenvalue weighted by molar-refractivity contribution is 9.10. The highest BCUT2D eigenvalue weighted by Crippen LogP contribution is 2.35. The van der Waals surface area contributed by atoms with Gasteiger partial charge in [-0.2, -0.15) is 10.1 Å². The number of piperidine rings is 3. The van der Waals surface area contributed by atoms with Crippen LogP contribution in [0.2, 0.25) is 0 Å². The van der Waals surface area contributed by atoms with E-state index in [4.69, 9.17) is 19.8 Å². The molecule has 3 saturated heterocycles. The van der Waals surface area contributed by atoms with Gasteiger partial charge in [0.1, 0.15) is 11.6 Å². The van der Waals surface area contributed by atoms with Gasteiger partial charge in [-0.05, 0) is 89.2 Å². The Hall–Kier alpha value is -3.85. The average molecular weight is 787 g/mol. The lowest BCUT2D eigenvalue weighted by Crippen LogP contribution is -2.46. The molecule has 2 N–H and O–H groups in total. The molecule has 1 unspecified atom stereocenters. The zero-order valence-corrected chi connectivity index (χ0v) is 33.0. The van der Waals surface area contributed by atoms with Crippen molar-refractivity contribution in [1.29, 1.82) is 0 Å². The third-order valence-electron chi connectivity index (χ3n) is 11.6. The van der Waals surface area contributed by atoms with Crippen LogP contribution in [0.15, 0.2) is 41.1 Å². The number of fused-ring (bicyclic) bond motifs is 2. The van der Waals surface area contributed by atoms with Crippen LogP contribution in [-0.4, -0.2) is 112 Å². The largest absolute Gasteiger partial charge is 0.381 e. The van der Waals surface area contributed by atoms with Crippen LogP contribution in [0.3, 0.4) is 0 Å². The van der Waals surface area contributed by atoms with E-state index < -0.39 is 0 Å². The number of ether oxygens (including phenoxy) is 1. The first-order valence-electron chi connectivity index (χ1n) is 19.3. The van der Waals surface area contributed by atoms with E-state index >= 15 is 0 Å². The van der Waals surface area contributed by atoms with Gasteiger partial charge in [0.25, 0.3) is 5.91 Å². The molecular weight excluding hydrogens is 734 g/mol. The molecule has 1 atom stereocenters. The van der Waals surface area contributed by atoms with E-state index in [2.05, 4.69) is 94.9 Å². The SMILES string of the molecule is COC1CCN(c2nccc(Nc3cc4c(cn3)c(N3CCC(N(C)Cc5cc6c(cc5Br)C(=O)N(C5CCCNC5)C6)CC3)nn4C(C)C)n2)CC1. The summed E-state index contributed by atoms with van der Waals surface area (Å²) in [5, 5.41) is 13.1. The second kappa shape index (κ2) is 15.5. The molecule has 0 saturated carbocycles. The van der Waals surface area contributed by atoms with E-state index in [1.807, 2.05) is 12.3 Å². The summed E-state index contributed by atoms with van der Waals surface area (Å²) in [4.78, 5) is 36.7. The minimum absolute atomic E-state index is 0.172. The maximum atomic E-state index is 13.3. The van der Waals surface area contributed by atoms with Crippen molar-refractivity contribution in [2.75, 3.05) is 68.5 Å². The maximum absolute atomic E-state index is 13.3. The topological polar surface area (TPSA) is 120 Å². The summed E-state index contributed by atoms with van der Waals surface area (Å²) in [6.45, 7) is 11.4. The molecule has 4 aliphatic rings. The van der Waals surface area contributed by atoms with Crippen LogP contribution in [0.25, 0.3) is 10.9 Å². The van der Waals surface area contributed by atoms with Crippen molar-refractivity contribution in [2.45, 2.75) is 89.7 Å². The molecule has 3 aromatic heterocycles. The molecule has 282 valence electrons. The Morgan fingerprint density at radius 1 is 1.04 bits per heavy atom.